The Morgan fingerprint density at radius 2 is 1.74 bits per heavy atom. The number of carbonyl (C=O) groups is 2. The van der Waals surface area contributed by atoms with E-state index in [-0.39, 0.29) is 24.7 Å². The third kappa shape index (κ3) is 6.58. The van der Waals surface area contributed by atoms with Crippen molar-refractivity contribution in [2.75, 3.05) is 47.9 Å². The Bertz CT molecular complexity index is 1100. The Kier molecular flexibility index (Phi) is 8.64. The van der Waals surface area contributed by atoms with Crippen LogP contribution in [0.2, 0.25) is 0 Å². The molecule has 0 bridgehead atoms. The third-order valence-corrected chi connectivity index (χ3v) is 5.12. The first kappa shape index (κ1) is 24.8. The van der Waals surface area contributed by atoms with Crippen molar-refractivity contribution >= 4 is 11.8 Å². The lowest BCUT2D eigenvalue weighted by atomic mass is 10.1. The first-order valence-electron chi connectivity index (χ1n) is 10.8. The van der Waals surface area contributed by atoms with Crippen molar-refractivity contribution in [1.82, 2.24) is 20.3 Å². The molecular formula is C25H30N4O5. The molecule has 0 fully saturated rings. The summed E-state index contributed by atoms with van der Waals surface area (Å²) in [5.74, 6) is 0.872. The van der Waals surface area contributed by atoms with Gasteiger partial charge < -0.3 is 29.1 Å². The zero-order valence-corrected chi connectivity index (χ0v) is 19.9. The van der Waals surface area contributed by atoms with Crippen molar-refractivity contribution in [3.63, 3.8) is 0 Å². The molecule has 0 saturated heterocycles. The molecule has 0 aliphatic heterocycles. The monoisotopic (exact) mass is 466 g/mol. The minimum absolute atomic E-state index is 0.0975. The molecule has 2 aromatic carbocycles. The van der Waals surface area contributed by atoms with E-state index in [0.29, 0.717) is 35.9 Å². The molecule has 3 aromatic rings. The van der Waals surface area contributed by atoms with Crippen LogP contribution in [0.15, 0.2) is 59.1 Å². The highest BCUT2D eigenvalue weighted by atomic mass is 16.5. The van der Waals surface area contributed by atoms with Gasteiger partial charge in [-0.3, -0.25) is 9.59 Å². The minimum Gasteiger partial charge on any atom is -0.493 e. The van der Waals surface area contributed by atoms with Gasteiger partial charge in [-0.05, 0) is 37.9 Å². The van der Waals surface area contributed by atoms with Crippen molar-refractivity contribution in [3.8, 4) is 22.8 Å². The van der Waals surface area contributed by atoms with Crippen LogP contribution in [0.25, 0.3) is 11.3 Å². The van der Waals surface area contributed by atoms with Gasteiger partial charge in [-0.2, -0.15) is 0 Å². The molecule has 180 valence electrons. The average molecular weight is 467 g/mol. The Morgan fingerprint density at radius 1 is 1.00 bits per heavy atom. The second-order valence-electron chi connectivity index (χ2n) is 7.95. The van der Waals surface area contributed by atoms with Crippen LogP contribution in [0, 0.1) is 0 Å². The van der Waals surface area contributed by atoms with Gasteiger partial charge in [0.05, 0.1) is 14.2 Å². The van der Waals surface area contributed by atoms with Crippen LogP contribution >= 0.6 is 0 Å². The lowest BCUT2D eigenvalue weighted by molar-refractivity contribution is -0.121. The van der Waals surface area contributed by atoms with E-state index in [2.05, 4.69) is 10.5 Å². The molecule has 1 N–H and O–H groups in total. The summed E-state index contributed by atoms with van der Waals surface area (Å²) in [5.41, 5.74) is 1.70. The molecule has 1 aromatic heterocycles. The van der Waals surface area contributed by atoms with Gasteiger partial charge in [0.15, 0.2) is 23.0 Å². The molecule has 9 heteroatoms. The van der Waals surface area contributed by atoms with Crippen LogP contribution in [0.3, 0.4) is 0 Å². The molecule has 0 aliphatic carbocycles. The molecule has 0 unspecified atom stereocenters. The Balaban J connectivity index is 1.79. The number of methoxy groups -OCH3 is 2. The van der Waals surface area contributed by atoms with E-state index < -0.39 is 5.91 Å². The van der Waals surface area contributed by atoms with E-state index in [4.69, 9.17) is 14.0 Å². The normalized spacial score (nSPS) is 10.7. The number of ether oxygens (including phenoxy) is 2. The number of hydrogen-bond donors (Lipinski definition) is 1. The fourth-order valence-corrected chi connectivity index (χ4v) is 3.32. The number of likely N-dealkylation sites (N-methyl/N-ethyl adjacent to an activating group) is 1. The molecular weight excluding hydrogens is 436 g/mol. The molecule has 9 nitrogen and oxygen atoms in total. The number of nitrogens with one attached hydrogen (secondary N) is 1. The van der Waals surface area contributed by atoms with Crippen LogP contribution in [-0.2, 0) is 11.3 Å². The first-order valence-corrected chi connectivity index (χ1v) is 10.8. The largest absolute Gasteiger partial charge is 0.493 e. The fraction of sp³-hybridized carbons (Fsp3) is 0.320. The third-order valence-electron chi connectivity index (χ3n) is 5.12. The predicted octanol–water partition coefficient (Wildman–Crippen LogP) is 2.68. The van der Waals surface area contributed by atoms with Crippen molar-refractivity contribution in [2.45, 2.75) is 6.54 Å². The zero-order valence-electron chi connectivity index (χ0n) is 19.9. The number of amides is 2. The molecule has 1 heterocycles. The zero-order chi connectivity index (χ0) is 24.5. The van der Waals surface area contributed by atoms with Crippen LogP contribution in [0.4, 0.5) is 0 Å². The summed E-state index contributed by atoms with van der Waals surface area (Å²) in [6, 6.07) is 16.3. The molecule has 0 spiro atoms. The molecule has 2 amide bonds. The molecule has 0 radical (unpaired) electrons. The van der Waals surface area contributed by atoms with Crippen LogP contribution in [-0.4, -0.2) is 74.7 Å². The maximum atomic E-state index is 13.3. The first-order chi connectivity index (χ1) is 16.4. The summed E-state index contributed by atoms with van der Waals surface area (Å²) >= 11 is 0. The number of carbonyl (C=O) groups excluding carboxylic acids is 2. The Labute approximate surface area is 199 Å². The van der Waals surface area contributed by atoms with E-state index in [9.17, 15) is 9.59 Å². The molecule has 3 rings (SSSR count). The number of aromatic nitrogens is 1. The van der Waals surface area contributed by atoms with Crippen molar-refractivity contribution in [2.24, 2.45) is 0 Å². The number of hydrogen-bond acceptors (Lipinski definition) is 7. The maximum absolute atomic E-state index is 13.3. The van der Waals surface area contributed by atoms with Gasteiger partial charge in [-0.1, -0.05) is 35.5 Å². The number of rotatable bonds is 11. The van der Waals surface area contributed by atoms with Crippen molar-refractivity contribution in [3.05, 3.63) is 65.9 Å². The summed E-state index contributed by atoms with van der Waals surface area (Å²) in [7, 11) is 6.96. The van der Waals surface area contributed by atoms with Gasteiger partial charge in [-0.25, -0.2) is 0 Å². The summed E-state index contributed by atoms with van der Waals surface area (Å²) < 4.78 is 16.0. The second-order valence-corrected chi connectivity index (χ2v) is 7.95. The summed E-state index contributed by atoms with van der Waals surface area (Å²) in [4.78, 5) is 29.3. The minimum atomic E-state index is -0.401. The lowest BCUT2D eigenvalue weighted by Gasteiger charge is -2.21. The SMILES string of the molecule is COc1ccc(-c2cc(C(=O)N(CC(=O)NCCN(C)C)Cc3ccccc3)no2)cc1OC. The maximum Gasteiger partial charge on any atom is 0.276 e. The highest BCUT2D eigenvalue weighted by Crippen LogP contribution is 2.32. The highest BCUT2D eigenvalue weighted by molar-refractivity contribution is 5.95. The lowest BCUT2D eigenvalue weighted by Crippen LogP contribution is -2.42. The van der Waals surface area contributed by atoms with Gasteiger partial charge in [0.1, 0.15) is 6.54 Å². The van der Waals surface area contributed by atoms with E-state index in [1.54, 1.807) is 38.5 Å². The average Bonchev–Trinajstić information content (AvgIpc) is 3.33. The van der Waals surface area contributed by atoms with Crippen molar-refractivity contribution < 1.29 is 23.6 Å². The van der Waals surface area contributed by atoms with Gasteiger partial charge in [0.25, 0.3) is 5.91 Å². The topological polar surface area (TPSA) is 97.1 Å². The Hall–Kier alpha value is -3.85. The van der Waals surface area contributed by atoms with Crippen LogP contribution in [0.5, 0.6) is 11.5 Å². The van der Waals surface area contributed by atoms with Gasteiger partial charge in [0, 0.05) is 31.3 Å². The second kappa shape index (κ2) is 11.9. The van der Waals surface area contributed by atoms with Crippen molar-refractivity contribution in [1.29, 1.82) is 0 Å². The van der Waals surface area contributed by atoms with Gasteiger partial charge in [-0.15, -0.1) is 0 Å². The number of benzene rings is 2. The molecule has 34 heavy (non-hydrogen) atoms. The highest BCUT2D eigenvalue weighted by Gasteiger charge is 2.23. The quantitative estimate of drug-likeness (QED) is 0.464. The molecule has 0 aliphatic rings. The fourth-order valence-electron chi connectivity index (χ4n) is 3.32. The molecule has 0 atom stereocenters. The smallest absolute Gasteiger partial charge is 0.276 e. The van der Waals surface area contributed by atoms with Crippen LogP contribution in [0.1, 0.15) is 16.1 Å². The van der Waals surface area contributed by atoms with E-state index in [0.717, 1.165) is 5.56 Å². The van der Waals surface area contributed by atoms with Gasteiger partial charge in [0.2, 0.25) is 5.91 Å². The molecule has 0 saturated carbocycles. The standard InChI is InChI=1S/C25H30N4O5/c1-28(2)13-12-26-24(30)17-29(16-18-8-6-5-7-9-18)25(31)20-15-22(34-27-20)19-10-11-21(32-3)23(14-19)33-4/h5-11,14-15H,12-13,16-17H2,1-4H3,(H,26,30). The van der Waals surface area contributed by atoms with E-state index in [1.165, 1.54) is 4.90 Å². The predicted molar refractivity (Wildman–Crippen MR) is 128 cm³/mol. The van der Waals surface area contributed by atoms with E-state index >= 15 is 0 Å². The van der Waals surface area contributed by atoms with Gasteiger partial charge >= 0.3 is 0 Å². The summed E-state index contributed by atoms with van der Waals surface area (Å²) in [6.45, 7) is 1.36. The Morgan fingerprint density at radius 3 is 2.41 bits per heavy atom. The summed E-state index contributed by atoms with van der Waals surface area (Å²) in [5, 5.41) is 6.82. The number of nitrogens with zero attached hydrogens (tertiary/aromatic N) is 3. The summed E-state index contributed by atoms with van der Waals surface area (Å²) in [6.07, 6.45) is 0. The van der Waals surface area contributed by atoms with E-state index in [1.807, 2.05) is 49.3 Å². The van der Waals surface area contributed by atoms with Crippen LogP contribution < -0.4 is 14.8 Å².